The quantitative estimate of drug-likeness (QED) is 0.596. The lowest BCUT2D eigenvalue weighted by molar-refractivity contribution is 0.0194. The first-order valence-corrected chi connectivity index (χ1v) is 10.4. The van der Waals surface area contributed by atoms with Gasteiger partial charge in [-0.2, -0.15) is 11.8 Å². The average Bonchev–Trinajstić information content (AvgIpc) is 3.14. The molecule has 3 aliphatic heterocycles. The number of hydrogen-bond donors (Lipinski definition) is 1. The number of likely N-dealkylation sites (tertiary alicyclic amines) is 1. The molecule has 6 nitrogen and oxygen atoms in total. The number of guanidine groups is 1. The van der Waals surface area contributed by atoms with Crippen LogP contribution >= 0.6 is 11.8 Å². The maximum atomic E-state index is 5.54. The zero-order chi connectivity index (χ0) is 16.8. The van der Waals surface area contributed by atoms with Crippen LogP contribution in [0, 0.1) is 0 Å². The van der Waals surface area contributed by atoms with Gasteiger partial charge in [0.05, 0.1) is 13.2 Å². The lowest BCUT2D eigenvalue weighted by Crippen LogP contribution is -2.50. The fraction of sp³-hybridized carbons (Fsp3) is 0.941. The van der Waals surface area contributed by atoms with Gasteiger partial charge in [0, 0.05) is 63.8 Å². The zero-order valence-electron chi connectivity index (χ0n) is 15.1. The molecule has 7 heteroatoms. The van der Waals surface area contributed by atoms with Gasteiger partial charge in [-0.25, -0.2) is 0 Å². The SMILES string of the molecule is CN=C(NCC1(SC)CCOCC1)N1CCC(N2CCOCC2)C1. The summed E-state index contributed by atoms with van der Waals surface area (Å²) in [5.41, 5.74) is 0. The topological polar surface area (TPSA) is 49.3 Å². The minimum atomic E-state index is 0.289. The van der Waals surface area contributed by atoms with Gasteiger partial charge in [-0.3, -0.25) is 9.89 Å². The Labute approximate surface area is 150 Å². The summed E-state index contributed by atoms with van der Waals surface area (Å²) in [4.78, 5) is 9.55. The Balaban J connectivity index is 1.51. The molecule has 0 aliphatic carbocycles. The van der Waals surface area contributed by atoms with E-state index < -0.39 is 0 Å². The van der Waals surface area contributed by atoms with Crippen LogP contribution in [0.3, 0.4) is 0 Å². The maximum absolute atomic E-state index is 5.54. The van der Waals surface area contributed by atoms with Crippen molar-refractivity contribution >= 4 is 17.7 Å². The Kier molecular flexibility index (Phi) is 6.66. The number of thioether (sulfide) groups is 1. The molecule has 0 aromatic rings. The van der Waals surface area contributed by atoms with Crippen LogP contribution in [-0.4, -0.2) is 99.0 Å². The summed E-state index contributed by atoms with van der Waals surface area (Å²) in [6.45, 7) is 8.80. The van der Waals surface area contributed by atoms with Gasteiger partial charge < -0.3 is 19.7 Å². The minimum Gasteiger partial charge on any atom is -0.381 e. The number of ether oxygens (including phenoxy) is 2. The van der Waals surface area contributed by atoms with Crippen molar-refractivity contribution in [2.75, 3.05) is 72.5 Å². The third kappa shape index (κ3) is 4.36. The highest BCUT2D eigenvalue weighted by atomic mass is 32.2. The van der Waals surface area contributed by atoms with Crippen LogP contribution in [0.1, 0.15) is 19.3 Å². The van der Waals surface area contributed by atoms with Crippen molar-refractivity contribution in [1.29, 1.82) is 0 Å². The van der Waals surface area contributed by atoms with E-state index in [1.807, 2.05) is 18.8 Å². The Morgan fingerprint density at radius 2 is 1.88 bits per heavy atom. The zero-order valence-corrected chi connectivity index (χ0v) is 15.9. The molecular weight excluding hydrogens is 324 g/mol. The first-order chi connectivity index (χ1) is 11.8. The highest BCUT2D eigenvalue weighted by Gasteiger charge is 2.34. The molecule has 138 valence electrons. The number of hydrogen-bond acceptors (Lipinski definition) is 5. The second kappa shape index (κ2) is 8.74. The van der Waals surface area contributed by atoms with Gasteiger partial charge >= 0.3 is 0 Å². The van der Waals surface area contributed by atoms with Crippen molar-refractivity contribution in [2.45, 2.75) is 30.1 Å². The minimum absolute atomic E-state index is 0.289. The Hall–Kier alpha value is -0.500. The molecule has 0 bridgehead atoms. The Morgan fingerprint density at radius 1 is 1.17 bits per heavy atom. The summed E-state index contributed by atoms with van der Waals surface area (Å²) in [5.74, 6) is 1.06. The Bertz CT molecular complexity index is 423. The second-order valence-electron chi connectivity index (χ2n) is 6.94. The van der Waals surface area contributed by atoms with Crippen molar-refractivity contribution in [3.05, 3.63) is 0 Å². The fourth-order valence-corrected chi connectivity index (χ4v) is 4.74. The molecule has 0 aromatic carbocycles. The molecule has 1 unspecified atom stereocenters. The number of rotatable bonds is 4. The van der Waals surface area contributed by atoms with E-state index in [0.717, 1.165) is 78.0 Å². The third-order valence-corrected chi connectivity index (χ3v) is 7.06. The largest absolute Gasteiger partial charge is 0.381 e. The standard InChI is InChI=1S/C17H32N4O2S/c1-18-16(19-14-17(24-2)4-9-22-10-5-17)21-6-3-15(13-21)20-7-11-23-12-8-20/h15H,3-14H2,1-2H3,(H,18,19). The molecule has 1 atom stereocenters. The third-order valence-electron chi connectivity index (χ3n) is 5.64. The van der Waals surface area contributed by atoms with Crippen LogP contribution in [0.5, 0.6) is 0 Å². The highest BCUT2D eigenvalue weighted by molar-refractivity contribution is 8.00. The number of morpholine rings is 1. The highest BCUT2D eigenvalue weighted by Crippen LogP contribution is 2.33. The first-order valence-electron chi connectivity index (χ1n) is 9.17. The van der Waals surface area contributed by atoms with E-state index in [2.05, 4.69) is 26.4 Å². The smallest absolute Gasteiger partial charge is 0.193 e. The summed E-state index contributed by atoms with van der Waals surface area (Å²) in [7, 11) is 1.90. The van der Waals surface area contributed by atoms with E-state index in [0.29, 0.717) is 6.04 Å². The van der Waals surface area contributed by atoms with Gasteiger partial charge in [-0.05, 0) is 25.5 Å². The molecule has 24 heavy (non-hydrogen) atoms. The Morgan fingerprint density at radius 3 is 2.54 bits per heavy atom. The van der Waals surface area contributed by atoms with Crippen LogP contribution in [0.15, 0.2) is 4.99 Å². The average molecular weight is 357 g/mol. The lowest BCUT2D eigenvalue weighted by atomic mass is 9.99. The van der Waals surface area contributed by atoms with E-state index in [1.54, 1.807) is 0 Å². The molecule has 0 spiro atoms. The molecule has 1 N–H and O–H groups in total. The summed E-state index contributed by atoms with van der Waals surface area (Å²) < 4.78 is 11.3. The molecule has 3 rings (SSSR count). The number of nitrogens with zero attached hydrogens (tertiary/aromatic N) is 3. The monoisotopic (exact) mass is 356 g/mol. The van der Waals surface area contributed by atoms with Crippen LogP contribution in [0.4, 0.5) is 0 Å². The summed E-state index contributed by atoms with van der Waals surface area (Å²) >= 11 is 1.97. The molecule has 0 amide bonds. The van der Waals surface area contributed by atoms with Gasteiger partial charge in [-0.15, -0.1) is 0 Å². The van der Waals surface area contributed by atoms with Crippen LogP contribution in [-0.2, 0) is 9.47 Å². The van der Waals surface area contributed by atoms with E-state index in [4.69, 9.17) is 9.47 Å². The normalized spacial score (nSPS) is 29.0. The van der Waals surface area contributed by atoms with Crippen molar-refractivity contribution in [3.63, 3.8) is 0 Å². The fourth-order valence-electron chi connectivity index (χ4n) is 3.94. The maximum Gasteiger partial charge on any atom is 0.193 e. The summed E-state index contributed by atoms with van der Waals surface area (Å²) in [6.07, 6.45) is 5.69. The van der Waals surface area contributed by atoms with Crippen LogP contribution < -0.4 is 5.32 Å². The number of aliphatic imine (C=N–C) groups is 1. The molecule has 0 saturated carbocycles. The van der Waals surface area contributed by atoms with Crippen molar-refractivity contribution in [2.24, 2.45) is 4.99 Å². The van der Waals surface area contributed by atoms with E-state index in [9.17, 15) is 0 Å². The van der Waals surface area contributed by atoms with Crippen molar-refractivity contribution in [3.8, 4) is 0 Å². The van der Waals surface area contributed by atoms with Crippen LogP contribution in [0.25, 0.3) is 0 Å². The van der Waals surface area contributed by atoms with E-state index >= 15 is 0 Å². The first kappa shape index (κ1) is 18.3. The predicted octanol–water partition coefficient (Wildman–Crippen LogP) is 0.881. The molecule has 3 saturated heterocycles. The summed E-state index contributed by atoms with van der Waals surface area (Å²) in [5, 5.41) is 3.65. The molecule has 0 radical (unpaired) electrons. The number of nitrogens with one attached hydrogen (secondary N) is 1. The van der Waals surface area contributed by atoms with E-state index in [1.165, 1.54) is 6.42 Å². The van der Waals surface area contributed by atoms with Gasteiger partial charge in [0.1, 0.15) is 0 Å². The summed E-state index contributed by atoms with van der Waals surface area (Å²) in [6, 6.07) is 0.644. The van der Waals surface area contributed by atoms with Crippen molar-refractivity contribution in [1.82, 2.24) is 15.1 Å². The molecule has 0 aromatic heterocycles. The molecular formula is C17H32N4O2S. The van der Waals surface area contributed by atoms with Gasteiger partial charge in [-0.1, -0.05) is 0 Å². The van der Waals surface area contributed by atoms with Crippen molar-refractivity contribution < 1.29 is 9.47 Å². The molecule has 3 aliphatic rings. The predicted molar refractivity (Wildman–Crippen MR) is 100 cm³/mol. The molecule has 3 fully saturated rings. The second-order valence-corrected chi connectivity index (χ2v) is 8.21. The lowest BCUT2D eigenvalue weighted by Gasteiger charge is -2.37. The van der Waals surface area contributed by atoms with Gasteiger partial charge in [0.15, 0.2) is 5.96 Å². The molecule has 3 heterocycles. The van der Waals surface area contributed by atoms with Crippen LogP contribution in [0.2, 0.25) is 0 Å². The van der Waals surface area contributed by atoms with Gasteiger partial charge in [0.2, 0.25) is 0 Å². The van der Waals surface area contributed by atoms with Gasteiger partial charge in [0.25, 0.3) is 0 Å². The van der Waals surface area contributed by atoms with E-state index in [-0.39, 0.29) is 4.75 Å².